The van der Waals surface area contributed by atoms with E-state index >= 15 is 0 Å². The Morgan fingerprint density at radius 2 is 2.10 bits per heavy atom. The maximum Gasteiger partial charge on any atom is 0.168 e. The highest BCUT2D eigenvalue weighted by Gasteiger charge is 2.17. The molecule has 0 radical (unpaired) electrons. The van der Waals surface area contributed by atoms with Crippen LogP contribution in [0.4, 0.5) is 4.39 Å². The van der Waals surface area contributed by atoms with Gasteiger partial charge in [0.05, 0.1) is 27.9 Å². The van der Waals surface area contributed by atoms with E-state index in [1.807, 2.05) is 6.92 Å². The van der Waals surface area contributed by atoms with Crippen molar-refractivity contribution in [1.29, 1.82) is 0 Å². The van der Waals surface area contributed by atoms with Crippen LogP contribution >= 0.6 is 23.2 Å². The van der Waals surface area contributed by atoms with Crippen LogP contribution in [-0.2, 0) is 13.0 Å². The highest BCUT2D eigenvalue weighted by molar-refractivity contribution is 6.32. The number of aryl methyl sites for hydroxylation is 2. The SMILES string of the molecule is CCn1nc(C)c(Cl)c1CC(=O)c1ccc(Cl)c(F)c1. The van der Waals surface area contributed by atoms with Crippen molar-refractivity contribution in [2.24, 2.45) is 0 Å². The van der Waals surface area contributed by atoms with E-state index in [9.17, 15) is 9.18 Å². The van der Waals surface area contributed by atoms with E-state index in [0.717, 1.165) is 6.07 Å². The third-order valence-corrected chi connectivity index (χ3v) is 3.82. The summed E-state index contributed by atoms with van der Waals surface area (Å²) in [6.07, 6.45) is 0.0780. The maximum atomic E-state index is 13.4. The molecule has 2 rings (SSSR count). The van der Waals surface area contributed by atoms with Crippen molar-refractivity contribution in [3.8, 4) is 0 Å². The molecule has 0 fully saturated rings. The van der Waals surface area contributed by atoms with Crippen molar-refractivity contribution in [1.82, 2.24) is 9.78 Å². The van der Waals surface area contributed by atoms with Crippen LogP contribution in [0.3, 0.4) is 0 Å². The van der Waals surface area contributed by atoms with Gasteiger partial charge in [-0.25, -0.2) is 4.39 Å². The molecule has 0 aliphatic rings. The average Bonchev–Trinajstić information content (AvgIpc) is 2.69. The fraction of sp³-hybridized carbons (Fsp3) is 0.286. The lowest BCUT2D eigenvalue weighted by Gasteiger charge is -2.05. The quantitative estimate of drug-likeness (QED) is 0.797. The van der Waals surface area contributed by atoms with Crippen LogP contribution in [0.2, 0.25) is 10.0 Å². The molecule has 6 heteroatoms. The van der Waals surface area contributed by atoms with Gasteiger partial charge in [0.1, 0.15) is 5.82 Å². The van der Waals surface area contributed by atoms with E-state index in [-0.39, 0.29) is 22.8 Å². The normalized spacial score (nSPS) is 10.8. The lowest BCUT2D eigenvalue weighted by molar-refractivity contribution is 0.0990. The lowest BCUT2D eigenvalue weighted by atomic mass is 10.1. The predicted octanol–water partition coefficient (Wildman–Crippen LogP) is 4.08. The zero-order valence-corrected chi connectivity index (χ0v) is 12.6. The minimum absolute atomic E-state index is 0.00553. The smallest absolute Gasteiger partial charge is 0.168 e. The fourth-order valence-corrected chi connectivity index (χ4v) is 2.28. The second kappa shape index (κ2) is 5.94. The summed E-state index contributed by atoms with van der Waals surface area (Å²) >= 11 is 11.8. The van der Waals surface area contributed by atoms with E-state index in [1.165, 1.54) is 12.1 Å². The predicted molar refractivity (Wildman–Crippen MR) is 77.1 cm³/mol. The van der Waals surface area contributed by atoms with Gasteiger partial charge in [0, 0.05) is 12.1 Å². The van der Waals surface area contributed by atoms with E-state index < -0.39 is 5.82 Å². The summed E-state index contributed by atoms with van der Waals surface area (Å²) in [5.41, 5.74) is 1.59. The Kier molecular flexibility index (Phi) is 4.45. The number of hydrogen-bond donors (Lipinski definition) is 0. The Balaban J connectivity index is 2.30. The number of hydrogen-bond acceptors (Lipinski definition) is 2. The molecule has 106 valence electrons. The zero-order chi connectivity index (χ0) is 14.9. The molecule has 0 amide bonds. The number of halogens is 3. The average molecular weight is 315 g/mol. The molecule has 0 saturated heterocycles. The van der Waals surface area contributed by atoms with Crippen molar-refractivity contribution in [3.63, 3.8) is 0 Å². The number of benzene rings is 1. The Morgan fingerprint density at radius 3 is 2.70 bits per heavy atom. The van der Waals surface area contributed by atoms with Gasteiger partial charge in [-0.05, 0) is 32.0 Å². The minimum atomic E-state index is -0.608. The van der Waals surface area contributed by atoms with Crippen LogP contribution in [0.5, 0.6) is 0 Å². The van der Waals surface area contributed by atoms with Crippen molar-refractivity contribution >= 4 is 29.0 Å². The van der Waals surface area contributed by atoms with Crippen LogP contribution in [0.1, 0.15) is 28.7 Å². The third kappa shape index (κ3) is 2.86. The van der Waals surface area contributed by atoms with Crippen molar-refractivity contribution in [3.05, 3.63) is 51.0 Å². The first kappa shape index (κ1) is 15.0. The summed E-state index contributed by atoms with van der Waals surface area (Å²) in [5.74, 6) is -0.833. The molecular weight excluding hydrogens is 302 g/mol. The van der Waals surface area contributed by atoms with E-state index in [4.69, 9.17) is 23.2 Å². The topological polar surface area (TPSA) is 34.9 Å². The molecule has 2 aromatic rings. The second-order valence-electron chi connectivity index (χ2n) is 4.39. The number of ketones is 1. The minimum Gasteiger partial charge on any atom is -0.294 e. The second-order valence-corrected chi connectivity index (χ2v) is 5.18. The number of nitrogens with zero attached hydrogens (tertiary/aromatic N) is 2. The molecule has 0 N–H and O–H groups in total. The van der Waals surface area contributed by atoms with E-state index in [2.05, 4.69) is 5.10 Å². The molecule has 0 aliphatic heterocycles. The van der Waals surface area contributed by atoms with Crippen LogP contribution in [0.15, 0.2) is 18.2 Å². The van der Waals surface area contributed by atoms with Crippen LogP contribution in [-0.4, -0.2) is 15.6 Å². The van der Waals surface area contributed by atoms with Crippen LogP contribution in [0, 0.1) is 12.7 Å². The summed E-state index contributed by atoms with van der Waals surface area (Å²) in [5, 5.41) is 4.72. The van der Waals surface area contributed by atoms with E-state index in [1.54, 1.807) is 11.6 Å². The van der Waals surface area contributed by atoms with Crippen LogP contribution < -0.4 is 0 Å². The van der Waals surface area contributed by atoms with Gasteiger partial charge in [-0.3, -0.25) is 9.48 Å². The van der Waals surface area contributed by atoms with Gasteiger partial charge >= 0.3 is 0 Å². The molecule has 0 saturated carbocycles. The van der Waals surface area contributed by atoms with E-state index in [0.29, 0.717) is 23.0 Å². The Morgan fingerprint density at radius 1 is 1.40 bits per heavy atom. The number of aromatic nitrogens is 2. The lowest BCUT2D eigenvalue weighted by Crippen LogP contribution is -2.10. The van der Waals surface area contributed by atoms with Gasteiger partial charge in [0.15, 0.2) is 5.78 Å². The molecule has 0 bridgehead atoms. The van der Waals surface area contributed by atoms with Crippen molar-refractivity contribution < 1.29 is 9.18 Å². The van der Waals surface area contributed by atoms with Gasteiger partial charge in [0.25, 0.3) is 0 Å². The molecular formula is C14H13Cl2FN2O. The summed E-state index contributed by atoms with van der Waals surface area (Å²) in [7, 11) is 0. The van der Waals surface area contributed by atoms with Gasteiger partial charge in [-0.2, -0.15) is 5.10 Å². The first-order valence-corrected chi connectivity index (χ1v) is 6.89. The molecule has 0 unspecified atom stereocenters. The fourth-order valence-electron chi connectivity index (χ4n) is 1.96. The van der Waals surface area contributed by atoms with Gasteiger partial charge in [0.2, 0.25) is 0 Å². The number of Topliss-reactive ketones (excluding diaryl/α,β-unsaturated/α-hetero) is 1. The van der Waals surface area contributed by atoms with Crippen molar-refractivity contribution in [2.75, 3.05) is 0 Å². The molecule has 0 atom stereocenters. The standard InChI is InChI=1S/C14H13Cl2FN2O/c1-3-19-12(14(16)8(2)18-19)7-13(20)9-4-5-10(15)11(17)6-9/h4-6H,3,7H2,1-2H3. The Hall–Kier alpha value is -1.39. The molecule has 1 aromatic carbocycles. The zero-order valence-electron chi connectivity index (χ0n) is 11.1. The number of carbonyl (C=O) groups is 1. The van der Waals surface area contributed by atoms with Crippen molar-refractivity contribution in [2.45, 2.75) is 26.8 Å². The molecule has 3 nitrogen and oxygen atoms in total. The maximum absolute atomic E-state index is 13.4. The number of carbonyl (C=O) groups excluding carboxylic acids is 1. The van der Waals surface area contributed by atoms with Gasteiger partial charge in [-0.1, -0.05) is 23.2 Å². The molecule has 1 heterocycles. The first-order chi connectivity index (χ1) is 9.43. The highest BCUT2D eigenvalue weighted by atomic mass is 35.5. The molecule has 20 heavy (non-hydrogen) atoms. The molecule has 1 aromatic heterocycles. The summed E-state index contributed by atoms with van der Waals surface area (Å²) < 4.78 is 15.1. The number of rotatable bonds is 4. The molecule has 0 spiro atoms. The van der Waals surface area contributed by atoms with Gasteiger partial charge < -0.3 is 0 Å². The summed E-state index contributed by atoms with van der Waals surface area (Å²) in [4.78, 5) is 12.2. The Bertz CT molecular complexity index is 667. The Labute approximate surface area is 126 Å². The molecule has 0 aliphatic carbocycles. The van der Waals surface area contributed by atoms with Crippen LogP contribution in [0.25, 0.3) is 0 Å². The monoisotopic (exact) mass is 314 g/mol. The first-order valence-electron chi connectivity index (χ1n) is 6.14. The summed E-state index contributed by atoms with van der Waals surface area (Å²) in [6, 6.07) is 4.01. The highest BCUT2D eigenvalue weighted by Crippen LogP contribution is 2.23. The van der Waals surface area contributed by atoms with Gasteiger partial charge in [-0.15, -0.1) is 0 Å². The summed E-state index contributed by atoms with van der Waals surface area (Å²) in [6.45, 7) is 4.31. The third-order valence-electron chi connectivity index (χ3n) is 3.02. The largest absolute Gasteiger partial charge is 0.294 e.